The summed E-state index contributed by atoms with van der Waals surface area (Å²) in [4.78, 5) is -2.14. The van der Waals surface area contributed by atoms with Crippen molar-refractivity contribution in [3.63, 3.8) is 0 Å². The number of aromatic hydroxyl groups is 1. The van der Waals surface area contributed by atoms with Gasteiger partial charge in [-0.15, -0.1) is 20.5 Å². The third kappa shape index (κ3) is 8.74. The van der Waals surface area contributed by atoms with E-state index < -0.39 is 69.7 Å². The van der Waals surface area contributed by atoms with E-state index >= 15 is 0 Å². The number of hydrogen-bond acceptors (Lipinski definition) is 17. The molecule has 0 saturated carbocycles. The van der Waals surface area contributed by atoms with Gasteiger partial charge in [0.15, 0.2) is 5.75 Å². The Morgan fingerprint density at radius 3 is 1.73 bits per heavy atom. The van der Waals surface area contributed by atoms with Crippen LogP contribution in [0.2, 0.25) is 0 Å². The van der Waals surface area contributed by atoms with Crippen LogP contribution in [0, 0.1) is 6.92 Å². The average Bonchev–Trinajstić information content (AvgIpc) is 3.07. The highest BCUT2D eigenvalue weighted by molar-refractivity contribution is 7.87. The van der Waals surface area contributed by atoms with Gasteiger partial charge in [-0.25, -0.2) is 0 Å². The Morgan fingerprint density at radius 2 is 1.22 bits per heavy atom. The highest BCUT2D eigenvalue weighted by Gasteiger charge is 2.28. The first-order valence-electron chi connectivity index (χ1n) is 14.2. The molecule has 4 aromatic rings. The lowest BCUT2D eigenvalue weighted by atomic mass is 10.1. The first kappa shape index (κ1) is 39.0. The molecular formula is C29H30N4O15S3. The molecule has 0 saturated heterocycles. The molecule has 0 bridgehead atoms. The number of rotatable bonds is 15. The number of aliphatic hydroxyl groups excluding tert-OH is 2. The molecule has 0 unspecified atom stereocenters. The number of fused-ring (bicyclic) bond motifs is 1. The van der Waals surface area contributed by atoms with Crippen molar-refractivity contribution in [2.45, 2.75) is 21.6 Å². The maximum atomic E-state index is 12.7. The van der Waals surface area contributed by atoms with Gasteiger partial charge in [-0.1, -0.05) is 12.1 Å². The maximum absolute atomic E-state index is 12.7. The molecule has 0 atom stereocenters. The normalized spacial score (nSPS) is 12.6. The van der Waals surface area contributed by atoms with Crippen LogP contribution in [0.1, 0.15) is 5.56 Å². The molecule has 0 aliphatic carbocycles. The Morgan fingerprint density at radius 1 is 0.667 bits per heavy atom. The van der Waals surface area contributed by atoms with Crippen molar-refractivity contribution in [2.75, 3.05) is 40.6 Å². The van der Waals surface area contributed by atoms with E-state index in [0.717, 1.165) is 31.4 Å². The third-order valence-electron chi connectivity index (χ3n) is 6.83. The summed E-state index contributed by atoms with van der Waals surface area (Å²) in [6.07, 6.45) is 0. The van der Waals surface area contributed by atoms with Gasteiger partial charge in [0.1, 0.15) is 67.9 Å². The molecule has 0 fully saturated rings. The van der Waals surface area contributed by atoms with Gasteiger partial charge in [0.05, 0.1) is 27.4 Å². The summed E-state index contributed by atoms with van der Waals surface area (Å²) in [5.41, 5.74) is -1.37. The highest BCUT2D eigenvalue weighted by atomic mass is 32.2. The number of phenolic OH excluding ortho intramolecular Hbond substituents is 1. The van der Waals surface area contributed by atoms with Crippen LogP contribution in [0.15, 0.2) is 83.7 Å². The minimum absolute atomic E-state index is 0.0908. The van der Waals surface area contributed by atoms with Crippen molar-refractivity contribution in [1.82, 2.24) is 0 Å². The summed E-state index contributed by atoms with van der Waals surface area (Å²) in [6.45, 7) is -0.204. The number of ether oxygens (including phenoxy) is 3. The number of benzene rings is 4. The zero-order valence-electron chi connectivity index (χ0n) is 26.8. The minimum Gasteiger partial charge on any atom is -0.505 e. The van der Waals surface area contributed by atoms with Gasteiger partial charge in [0, 0.05) is 29.0 Å². The van der Waals surface area contributed by atoms with Crippen molar-refractivity contribution < 1.29 is 68.1 Å². The Bertz CT molecular complexity index is 2360. The van der Waals surface area contributed by atoms with Gasteiger partial charge in [-0.2, -0.15) is 25.3 Å². The van der Waals surface area contributed by atoms with Crippen LogP contribution in [0.5, 0.6) is 23.0 Å². The molecule has 5 N–H and O–H groups in total. The largest absolute Gasteiger partial charge is 0.505 e. The van der Waals surface area contributed by atoms with E-state index in [0.29, 0.717) is 0 Å². The van der Waals surface area contributed by atoms with Gasteiger partial charge in [-0.3, -0.25) is 13.3 Å². The fourth-order valence-electron chi connectivity index (χ4n) is 4.57. The molecule has 4 rings (SSSR count). The molecule has 0 aliphatic heterocycles. The SMILES string of the molecule is COc1ccc(N=Nc2cc(OCCO)c(N=Nc3c(S(=O)(=O)O)cc4c(S(=O)(=O)OC)c(C)ccc4c3O)cc2OCCO)c(S(=O)(=O)O)c1. The minimum atomic E-state index is -5.20. The van der Waals surface area contributed by atoms with Gasteiger partial charge >= 0.3 is 0 Å². The monoisotopic (exact) mass is 770 g/mol. The average molecular weight is 771 g/mol. The number of phenols is 1. The van der Waals surface area contributed by atoms with E-state index in [9.17, 15) is 49.7 Å². The molecule has 0 amide bonds. The second-order valence-corrected chi connectivity index (χ2v) is 14.5. The Hall–Kier alpha value is -4.81. The predicted molar refractivity (Wildman–Crippen MR) is 177 cm³/mol. The van der Waals surface area contributed by atoms with Crippen LogP contribution in [0.4, 0.5) is 22.7 Å². The van der Waals surface area contributed by atoms with Crippen molar-refractivity contribution in [1.29, 1.82) is 0 Å². The highest BCUT2D eigenvalue weighted by Crippen LogP contribution is 2.46. The predicted octanol–water partition coefficient (Wildman–Crippen LogP) is 4.26. The summed E-state index contributed by atoms with van der Waals surface area (Å²) >= 11 is 0. The topological polar surface area (TPSA) is 290 Å². The number of aliphatic hydroxyl groups is 2. The van der Waals surface area contributed by atoms with Crippen LogP contribution in [0.25, 0.3) is 10.8 Å². The zero-order valence-corrected chi connectivity index (χ0v) is 29.2. The number of methoxy groups -OCH3 is 1. The lowest BCUT2D eigenvalue weighted by Gasteiger charge is -2.14. The van der Waals surface area contributed by atoms with Crippen LogP contribution in [0.3, 0.4) is 0 Å². The molecule has 0 radical (unpaired) electrons. The van der Waals surface area contributed by atoms with Crippen molar-refractivity contribution in [2.24, 2.45) is 20.5 Å². The van der Waals surface area contributed by atoms with Gasteiger partial charge < -0.3 is 29.5 Å². The van der Waals surface area contributed by atoms with E-state index in [1.165, 1.54) is 38.3 Å². The Balaban J connectivity index is 1.94. The summed E-state index contributed by atoms with van der Waals surface area (Å²) in [6, 6.07) is 9.24. The fourth-order valence-corrected chi connectivity index (χ4v) is 6.92. The van der Waals surface area contributed by atoms with E-state index in [1.54, 1.807) is 0 Å². The van der Waals surface area contributed by atoms with Crippen molar-refractivity contribution >= 4 is 63.9 Å². The van der Waals surface area contributed by atoms with Crippen LogP contribution in [-0.2, 0) is 34.5 Å². The molecule has 0 heterocycles. The summed E-state index contributed by atoms with van der Waals surface area (Å²) < 4.78 is 115. The van der Waals surface area contributed by atoms with Crippen molar-refractivity contribution in [3.05, 3.63) is 54.1 Å². The molecule has 4 aromatic carbocycles. The Kier molecular flexibility index (Phi) is 11.9. The number of azo groups is 2. The molecular weight excluding hydrogens is 741 g/mol. The van der Waals surface area contributed by atoms with E-state index in [4.69, 9.17) is 14.2 Å². The van der Waals surface area contributed by atoms with E-state index in [2.05, 4.69) is 24.6 Å². The van der Waals surface area contributed by atoms with Crippen LogP contribution in [-0.4, -0.2) is 90.3 Å². The third-order valence-corrected chi connectivity index (χ3v) is 10.1. The smallest absolute Gasteiger partial charge is 0.297 e. The quantitative estimate of drug-likeness (QED) is 0.0641. The summed E-state index contributed by atoms with van der Waals surface area (Å²) in [5.74, 6) is -1.15. The molecule has 22 heteroatoms. The number of aryl methyl sites for hydroxylation is 1. The van der Waals surface area contributed by atoms with Gasteiger partial charge in [0.25, 0.3) is 30.4 Å². The summed E-state index contributed by atoms with van der Waals surface area (Å²) in [5, 5.41) is 45.2. The first-order valence-corrected chi connectivity index (χ1v) is 18.5. The lowest BCUT2D eigenvalue weighted by molar-refractivity contribution is 0.198. The molecule has 0 aliphatic rings. The van der Waals surface area contributed by atoms with E-state index in [-0.39, 0.29) is 63.9 Å². The van der Waals surface area contributed by atoms with E-state index in [1.807, 2.05) is 0 Å². The summed E-state index contributed by atoms with van der Waals surface area (Å²) in [7, 11) is -12.3. The molecule has 0 aromatic heterocycles. The molecule has 51 heavy (non-hydrogen) atoms. The molecule has 19 nitrogen and oxygen atoms in total. The number of hydrogen-bond donors (Lipinski definition) is 5. The lowest BCUT2D eigenvalue weighted by Crippen LogP contribution is -2.07. The first-order chi connectivity index (χ1) is 24.0. The molecule has 0 spiro atoms. The van der Waals surface area contributed by atoms with Gasteiger partial charge in [0.2, 0.25) is 0 Å². The van der Waals surface area contributed by atoms with Gasteiger partial charge in [-0.05, 0) is 30.7 Å². The van der Waals surface area contributed by atoms with Crippen LogP contribution < -0.4 is 14.2 Å². The standard InChI is InChI=1S/C29H30N4O15S3/c1-16-4-6-18-19(29(16)51(43,44)46-3)13-26(50(40,41)42)27(28(18)36)33-32-22-15-23(47-10-8-34)21(14-24(22)48-11-9-35)31-30-20-7-5-17(45-2)12-25(20)49(37,38)39/h4-7,12-15,34-36H,8-11H2,1-3H3,(H,37,38,39)(H,40,41,42). The molecule has 274 valence electrons. The fraction of sp³-hybridized carbons (Fsp3) is 0.241. The maximum Gasteiger partial charge on any atom is 0.297 e. The van der Waals surface area contributed by atoms with Crippen LogP contribution >= 0.6 is 0 Å². The number of nitrogens with zero attached hydrogens (tertiary/aromatic N) is 4. The second-order valence-electron chi connectivity index (χ2n) is 10.1. The second kappa shape index (κ2) is 15.6. The Labute approximate surface area is 291 Å². The zero-order chi connectivity index (χ0) is 37.7. The van der Waals surface area contributed by atoms with Crippen molar-refractivity contribution in [3.8, 4) is 23.0 Å².